The molecule has 0 heterocycles. The molecule has 0 aliphatic carbocycles. The summed E-state index contributed by atoms with van der Waals surface area (Å²) < 4.78 is 50.7. The van der Waals surface area contributed by atoms with Gasteiger partial charge in [-0.25, -0.2) is 9.18 Å². The molecular formula is C10H8F4O3. The van der Waals surface area contributed by atoms with E-state index in [4.69, 9.17) is 10.2 Å². The Morgan fingerprint density at radius 2 is 1.94 bits per heavy atom. The summed E-state index contributed by atoms with van der Waals surface area (Å²) >= 11 is 0. The molecule has 2 N–H and O–H groups in total. The largest absolute Gasteiger partial charge is 0.479 e. The monoisotopic (exact) mass is 252 g/mol. The highest BCUT2D eigenvalue weighted by Crippen LogP contribution is 2.33. The third-order valence-electron chi connectivity index (χ3n) is 2.11. The van der Waals surface area contributed by atoms with Gasteiger partial charge in [-0.1, -0.05) is 6.07 Å². The predicted molar refractivity (Wildman–Crippen MR) is 48.7 cm³/mol. The van der Waals surface area contributed by atoms with Crippen LogP contribution in [0.25, 0.3) is 0 Å². The van der Waals surface area contributed by atoms with E-state index in [-0.39, 0.29) is 0 Å². The number of carboxylic acids is 1. The van der Waals surface area contributed by atoms with E-state index in [1.54, 1.807) is 0 Å². The second-order valence-corrected chi connectivity index (χ2v) is 3.32. The van der Waals surface area contributed by atoms with Crippen LogP contribution in [0.3, 0.4) is 0 Å². The molecule has 1 atom stereocenters. The van der Waals surface area contributed by atoms with Gasteiger partial charge in [0, 0.05) is 12.0 Å². The number of hydrogen-bond acceptors (Lipinski definition) is 2. The average molecular weight is 252 g/mol. The van der Waals surface area contributed by atoms with Gasteiger partial charge in [-0.05, 0) is 12.1 Å². The summed E-state index contributed by atoms with van der Waals surface area (Å²) in [5.74, 6) is -2.90. The van der Waals surface area contributed by atoms with Crippen molar-refractivity contribution in [3.05, 3.63) is 35.1 Å². The Kier molecular flexibility index (Phi) is 3.72. The molecule has 3 nitrogen and oxygen atoms in total. The topological polar surface area (TPSA) is 57.5 Å². The first-order valence-electron chi connectivity index (χ1n) is 4.49. The van der Waals surface area contributed by atoms with Gasteiger partial charge in [-0.2, -0.15) is 13.2 Å². The number of halogens is 4. The quantitative estimate of drug-likeness (QED) is 0.807. The van der Waals surface area contributed by atoms with Gasteiger partial charge in [0.15, 0.2) is 6.10 Å². The van der Waals surface area contributed by atoms with Crippen molar-refractivity contribution in [2.75, 3.05) is 0 Å². The van der Waals surface area contributed by atoms with Crippen LogP contribution in [0.2, 0.25) is 0 Å². The first-order valence-corrected chi connectivity index (χ1v) is 4.49. The Labute approximate surface area is 93.3 Å². The van der Waals surface area contributed by atoms with Crippen molar-refractivity contribution in [1.82, 2.24) is 0 Å². The van der Waals surface area contributed by atoms with Crippen molar-refractivity contribution in [2.45, 2.75) is 18.7 Å². The number of aliphatic hydroxyl groups excluding tert-OH is 1. The van der Waals surface area contributed by atoms with E-state index >= 15 is 0 Å². The number of rotatable bonds is 3. The van der Waals surface area contributed by atoms with Crippen molar-refractivity contribution >= 4 is 5.97 Å². The molecule has 7 heteroatoms. The van der Waals surface area contributed by atoms with Gasteiger partial charge in [-0.15, -0.1) is 0 Å². The van der Waals surface area contributed by atoms with Crippen LogP contribution >= 0.6 is 0 Å². The van der Waals surface area contributed by atoms with Crippen LogP contribution in [0, 0.1) is 5.82 Å². The highest BCUT2D eigenvalue weighted by atomic mass is 19.4. The van der Waals surface area contributed by atoms with E-state index in [0.29, 0.717) is 6.07 Å². The Morgan fingerprint density at radius 1 is 1.35 bits per heavy atom. The summed E-state index contributed by atoms with van der Waals surface area (Å²) in [6.45, 7) is 0. The number of aliphatic hydroxyl groups is 1. The van der Waals surface area contributed by atoms with Gasteiger partial charge in [0.1, 0.15) is 5.82 Å². The fourth-order valence-electron chi connectivity index (χ4n) is 1.31. The Hall–Kier alpha value is -1.63. The van der Waals surface area contributed by atoms with Gasteiger partial charge < -0.3 is 10.2 Å². The van der Waals surface area contributed by atoms with Gasteiger partial charge in [0.25, 0.3) is 0 Å². The molecule has 0 aromatic heterocycles. The van der Waals surface area contributed by atoms with Crippen LogP contribution in [0.5, 0.6) is 0 Å². The lowest BCUT2D eigenvalue weighted by Crippen LogP contribution is -2.24. The minimum atomic E-state index is -4.80. The van der Waals surface area contributed by atoms with Crippen molar-refractivity contribution in [3.63, 3.8) is 0 Å². The van der Waals surface area contributed by atoms with Crippen molar-refractivity contribution < 1.29 is 32.6 Å². The number of aliphatic carboxylic acids is 1. The number of hydrogen-bond donors (Lipinski definition) is 2. The second kappa shape index (κ2) is 4.70. The van der Waals surface area contributed by atoms with Crippen LogP contribution in [0.15, 0.2) is 18.2 Å². The van der Waals surface area contributed by atoms with Crippen LogP contribution in [-0.2, 0) is 17.4 Å². The van der Waals surface area contributed by atoms with Gasteiger partial charge in [0.05, 0.1) is 5.56 Å². The van der Waals surface area contributed by atoms with Crippen LogP contribution in [-0.4, -0.2) is 22.3 Å². The standard InChI is InChI=1S/C10H8F4O3/c11-7-3-1-2-6(10(12,13)14)5(7)4-8(15)9(16)17/h1-3,8,15H,4H2,(H,16,17). The highest BCUT2D eigenvalue weighted by Gasteiger charge is 2.35. The summed E-state index contributed by atoms with van der Waals surface area (Å²) in [5, 5.41) is 17.3. The zero-order valence-corrected chi connectivity index (χ0v) is 8.33. The number of carbonyl (C=O) groups is 1. The lowest BCUT2D eigenvalue weighted by Gasteiger charge is -2.14. The summed E-state index contributed by atoms with van der Waals surface area (Å²) in [4.78, 5) is 10.3. The van der Waals surface area contributed by atoms with E-state index < -0.39 is 41.6 Å². The SMILES string of the molecule is O=C(O)C(O)Cc1c(F)cccc1C(F)(F)F. The third-order valence-corrected chi connectivity index (χ3v) is 2.11. The molecule has 94 valence electrons. The van der Waals surface area contributed by atoms with Crippen LogP contribution < -0.4 is 0 Å². The number of carboxylic acid groups (broad SMARTS) is 1. The maximum Gasteiger partial charge on any atom is 0.416 e. The molecule has 0 aliphatic rings. The molecule has 0 saturated carbocycles. The summed E-state index contributed by atoms with van der Waals surface area (Å²) in [7, 11) is 0. The molecule has 0 spiro atoms. The summed E-state index contributed by atoms with van der Waals surface area (Å²) in [5.41, 5.74) is -2.13. The first kappa shape index (κ1) is 13.4. The summed E-state index contributed by atoms with van der Waals surface area (Å²) in [6.07, 6.45) is -7.81. The second-order valence-electron chi connectivity index (χ2n) is 3.32. The minimum absolute atomic E-state index is 0.632. The fraction of sp³-hybridized carbons (Fsp3) is 0.300. The smallest absolute Gasteiger partial charge is 0.416 e. The molecule has 0 amide bonds. The zero-order chi connectivity index (χ0) is 13.2. The Bertz CT molecular complexity index is 428. The number of benzene rings is 1. The molecule has 0 saturated heterocycles. The highest BCUT2D eigenvalue weighted by molar-refractivity contribution is 5.72. The molecule has 0 aliphatic heterocycles. The van der Waals surface area contributed by atoms with E-state index in [1.165, 1.54) is 0 Å². The maximum atomic E-state index is 13.2. The molecule has 1 aromatic rings. The maximum absolute atomic E-state index is 13.2. The van der Waals surface area contributed by atoms with Crippen molar-refractivity contribution in [1.29, 1.82) is 0 Å². The van der Waals surface area contributed by atoms with E-state index in [1.807, 2.05) is 0 Å². The first-order chi connectivity index (χ1) is 7.73. The van der Waals surface area contributed by atoms with Crippen LogP contribution in [0.1, 0.15) is 11.1 Å². The van der Waals surface area contributed by atoms with Gasteiger partial charge >= 0.3 is 12.1 Å². The van der Waals surface area contributed by atoms with E-state index in [2.05, 4.69) is 0 Å². The number of alkyl halides is 3. The van der Waals surface area contributed by atoms with E-state index in [0.717, 1.165) is 12.1 Å². The molecule has 1 rings (SSSR count). The van der Waals surface area contributed by atoms with E-state index in [9.17, 15) is 22.4 Å². The zero-order valence-electron chi connectivity index (χ0n) is 8.33. The molecule has 1 aromatic carbocycles. The van der Waals surface area contributed by atoms with Gasteiger partial charge in [-0.3, -0.25) is 0 Å². The molecule has 0 radical (unpaired) electrons. The lowest BCUT2D eigenvalue weighted by atomic mass is 10.0. The van der Waals surface area contributed by atoms with Crippen molar-refractivity contribution in [2.24, 2.45) is 0 Å². The normalized spacial score (nSPS) is 13.5. The third kappa shape index (κ3) is 3.16. The average Bonchev–Trinajstić information content (AvgIpc) is 2.18. The van der Waals surface area contributed by atoms with Gasteiger partial charge in [0.2, 0.25) is 0 Å². The molecule has 0 fully saturated rings. The Morgan fingerprint density at radius 3 is 2.41 bits per heavy atom. The molecular weight excluding hydrogens is 244 g/mol. The predicted octanol–water partition coefficient (Wildman–Crippen LogP) is 1.83. The minimum Gasteiger partial charge on any atom is -0.479 e. The lowest BCUT2D eigenvalue weighted by molar-refractivity contribution is -0.147. The summed E-state index contributed by atoms with van der Waals surface area (Å²) in [6, 6.07) is 2.28. The molecule has 17 heavy (non-hydrogen) atoms. The Balaban J connectivity index is 3.17. The fourth-order valence-corrected chi connectivity index (χ4v) is 1.31. The van der Waals surface area contributed by atoms with Crippen molar-refractivity contribution in [3.8, 4) is 0 Å². The molecule has 0 bridgehead atoms. The molecule has 1 unspecified atom stereocenters. The van der Waals surface area contributed by atoms with Crippen LogP contribution in [0.4, 0.5) is 17.6 Å².